The molecule has 1 aliphatic rings. The third-order valence-electron chi connectivity index (χ3n) is 11.1. The van der Waals surface area contributed by atoms with Crippen LogP contribution in [-0.4, -0.2) is 0 Å². The van der Waals surface area contributed by atoms with Crippen LogP contribution in [0, 0.1) is 12.1 Å². The molecular weight excluding hydrogens is 613 g/mol. The number of fused-ring (bicyclic) bond motifs is 6. The van der Waals surface area contributed by atoms with Gasteiger partial charge in [-0.2, -0.15) is 0 Å². The van der Waals surface area contributed by atoms with E-state index in [9.17, 15) is 0 Å². The van der Waals surface area contributed by atoms with Crippen LogP contribution < -0.4 is 0 Å². The fraction of sp³-hybridized carbons (Fsp3) is 0.0588. The largest absolute Gasteiger partial charge is 0.0696 e. The summed E-state index contributed by atoms with van der Waals surface area (Å²) >= 11 is 0. The molecule has 0 N–H and O–H groups in total. The molecule has 0 saturated heterocycles. The lowest BCUT2D eigenvalue weighted by atomic mass is 9.78. The molecule has 0 saturated carbocycles. The second-order valence-electron chi connectivity index (χ2n) is 14.3. The van der Waals surface area contributed by atoms with E-state index in [4.69, 9.17) is 0 Å². The lowest BCUT2D eigenvalue weighted by molar-refractivity contribution is 0.661. The van der Waals surface area contributed by atoms with Crippen LogP contribution >= 0.6 is 0 Å². The average molecular weight is 647 g/mol. The van der Waals surface area contributed by atoms with Crippen LogP contribution in [0.4, 0.5) is 0 Å². The van der Waals surface area contributed by atoms with Crippen LogP contribution in [0.1, 0.15) is 25.0 Å². The molecule has 0 spiro atoms. The summed E-state index contributed by atoms with van der Waals surface area (Å²) in [5.74, 6) is 0. The Labute approximate surface area is 299 Å². The molecule has 9 aromatic carbocycles. The summed E-state index contributed by atoms with van der Waals surface area (Å²) in [6.45, 7) is 4.76. The Morgan fingerprint density at radius 1 is 0.392 bits per heavy atom. The minimum absolute atomic E-state index is 0.124. The second kappa shape index (κ2) is 11.3. The lowest BCUT2D eigenvalue weighted by Gasteiger charge is -2.24. The zero-order valence-electron chi connectivity index (χ0n) is 28.7. The van der Waals surface area contributed by atoms with Crippen molar-refractivity contribution >= 4 is 32.3 Å². The molecule has 0 aromatic heterocycles. The highest BCUT2D eigenvalue weighted by Crippen LogP contribution is 2.54. The van der Waals surface area contributed by atoms with Crippen LogP contribution in [0.3, 0.4) is 0 Å². The van der Waals surface area contributed by atoms with Crippen molar-refractivity contribution < 1.29 is 0 Å². The molecule has 51 heavy (non-hydrogen) atoms. The highest BCUT2D eigenvalue weighted by molar-refractivity contribution is 6.24. The quantitative estimate of drug-likeness (QED) is 0.167. The van der Waals surface area contributed by atoms with Gasteiger partial charge in [0.05, 0.1) is 0 Å². The number of benzene rings is 8. The van der Waals surface area contributed by atoms with Gasteiger partial charge in [0, 0.05) is 11.0 Å². The lowest BCUT2D eigenvalue weighted by Crippen LogP contribution is -2.14. The van der Waals surface area contributed by atoms with E-state index in [2.05, 4.69) is 190 Å². The Balaban J connectivity index is 1.40. The first-order valence-electron chi connectivity index (χ1n) is 17.8. The summed E-state index contributed by atoms with van der Waals surface area (Å²) < 4.78 is 0. The van der Waals surface area contributed by atoms with E-state index < -0.39 is 0 Å². The highest BCUT2D eigenvalue weighted by Gasteiger charge is 2.36. The van der Waals surface area contributed by atoms with Crippen molar-refractivity contribution in [2.75, 3.05) is 0 Å². The van der Waals surface area contributed by atoms with Crippen LogP contribution in [0.15, 0.2) is 170 Å². The van der Waals surface area contributed by atoms with Crippen molar-refractivity contribution in [3.63, 3.8) is 0 Å². The molecule has 9 aromatic rings. The summed E-state index contributed by atoms with van der Waals surface area (Å²) in [5, 5.41) is 7.54. The van der Waals surface area contributed by atoms with Gasteiger partial charge in [0.25, 0.3) is 0 Å². The Morgan fingerprint density at radius 3 is 1.92 bits per heavy atom. The topological polar surface area (TPSA) is 0 Å². The first-order valence-corrected chi connectivity index (χ1v) is 17.8. The van der Waals surface area contributed by atoms with Gasteiger partial charge in [-0.1, -0.05) is 166 Å². The van der Waals surface area contributed by atoms with Crippen molar-refractivity contribution in [1.82, 2.24) is 0 Å². The van der Waals surface area contributed by atoms with Gasteiger partial charge in [-0.05, 0) is 124 Å². The van der Waals surface area contributed by atoms with Crippen molar-refractivity contribution in [2.24, 2.45) is 0 Å². The Morgan fingerprint density at radius 2 is 1.08 bits per heavy atom. The maximum atomic E-state index is 3.42. The van der Waals surface area contributed by atoms with Crippen molar-refractivity contribution in [2.45, 2.75) is 19.3 Å². The molecule has 0 heteroatoms. The molecule has 0 unspecified atom stereocenters. The maximum absolute atomic E-state index is 3.42. The number of hydrogen-bond acceptors (Lipinski definition) is 0. The van der Waals surface area contributed by atoms with Gasteiger partial charge in [0.1, 0.15) is 0 Å². The van der Waals surface area contributed by atoms with Gasteiger partial charge in [0.15, 0.2) is 0 Å². The zero-order valence-corrected chi connectivity index (χ0v) is 28.7. The summed E-state index contributed by atoms with van der Waals surface area (Å²) in [6.07, 6.45) is 0. The summed E-state index contributed by atoms with van der Waals surface area (Å²) in [5.41, 5.74) is 14.9. The normalized spacial score (nSPS) is 12.9. The van der Waals surface area contributed by atoms with Gasteiger partial charge in [0.2, 0.25) is 0 Å². The van der Waals surface area contributed by atoms with Gasteiger partial charge in [-0.15, -0.1) is 0 Å². The van der Waals surface area contributed by atoms with E-state index in [0.717, 1.165) is 11.1 Å². The van der Waals surface area contributed by atoms with Crippen LogP contribution in [0.5, 0.6) is 0 Å². The molecule has 0 fully saturated rings. The summed E-state index contributed by atoms with van der Waals surface area (Å²) in [6, 6.07) is 69.0. The van der Waals surface area contributed by atoms with Crippen LogP contribution in [0.25, 0.3) is 88.0 Å². The molecule has 10 rings (SSSR count). The van der Waals surface area contributed by atoms with Gasteiger partial charge in [-0.25, -0.2) is 0 Å². The zero-order chi connectivity index (χ0) is 34.1. The van der Waals surface area contributed by atoms with Gasteiger partial charge >= 0.3 is 0 Å². The number of hydrogen-bond donors (Lipinski definition) is 0. The third-order valence-corrected chi connectivity index (χ3v) is 11.1. The predicted molar refractivity (Wildman–Crippen MR) is 216 cm³/mol. The van der Waals surface area contributed by atoms with E-state index in [-0.39, 0.29) is 5.41 Å². The first kappa shape index (κ1) is 29.5. The van der Waals surface area contributed by atoms with E-state index in [0.29, 0.717) is 0 Å². The van der Waals surface area contributed by atoms with Crippen LogP contribution in [0.2, 0.25) is 0 Å². The second-order valence-corrected chi connectivity index (χ2v) is 14.3. The van der Waals surface area contributed by atoms with E-state index >= 15 is 0 Å². The van der Waals surface area contributed by atoms with Crippen LogP contribution in [-0.2, 0) is 5.41 Å². The van der Waals surface area contributed by atoms with E-state index in [1.807, 2.05) is 6.07 Å². The summed E-state index contributed by atoms with van der Waals surface area (Å²) in [4.78, 5) is 0. The molecule has 0 radical (unpaired) electrons. The van der Waals surface area contributed by atoms with Crippen molar-refractivity contribution in [3.8, 4) is 55.6 Å². The molecule has 1 aliphatic carbocycles. The van der Waals surface area contributed by atoms with Gasteiger partial charge in [-0.3, -0.25) is 0 Å². The molecular formula is C51H34. The average Bonchev–Trinajstić information content (AvgIpc) is 3.41. The molecule has 0 atom stereocenters. The smallest absolute Gasteiger partial charge is 0.0327 e. The third kappa shape index (κ3) is 4.49. The molecule has 0 aliphatic heterocycles. The molecule has 0 bridgehead atoms. The molecule has 0 nitrogen and oxygen atoms in total. The molecule has 238 valence electrons. The predicted octanol–water partition coefficient (Wildman–Crippen LogP) is 13.7. The van der Waals surface area contributed by atoms with E-state index in [1.54, 1.807) is 0 Å². The summed E-state index contributed by atoms with van der Waals surface area (Å²) in [7, 11) is 0. The van der Waals surface area contributed by atoms with Gasteiger partial charge < -0.3 is 0 Å². The Hall–Kier alpha value is -6.42. The van der Waals surface area contributed by atoms with Crippen molar-refractivity contribution in [3.05, 3.63) is 193 Å². The standard InChI is InChI=1S/C51H34/c1-51(2)47-27-14-13-24-40(47)43-31-45-46(32-48(43)51)49(35-19-7-4-8-20-35)44-30-36(39-26-15-21-34-18-9-10-22-37(34)39)28-29-42(44)50(45)41-25-12-11-23-38(41)33-16-5-3-6-17-33/h3-5,7-16,18-32H,1-2H3. The van der Waals surface area contributed by atoms with Crippen molar-refractivity contribution in [1.29, 1.82) is 0 Å². The maximum Gasteiger partial charge on any atom is 0.0327 e. The molecule has 0 heterocycles. The minimum Gasteiger partial charge on any atom is -0.0696 e. The minimum atomic E-state index is -0.124. The Bertz CT molecular complexity index is 2800. The SMILES string of the molecule is CC1(C)c2ccccc2-c2cc3c(-c4ccccc4-c4c#cccc4)c4ccc(-c5cccc6ccccc56)cc4c(-c4ccccc4)c3cc21. The Kier molecular flexibility index (Phi) is 6.54. The number of rotatable bonds is 4. The monoisotopic (exact) mass is 646 g/mol. The molecule has 0 amide bonds. The fourth-order valence-electron chi connectivity index (χ4n) is 8.72. The first-order chi connectivity index (χ1) is 25.1. The fourth-order valence-corrected chi connectivity index (χ4v) is 8.72. The highest BCUT2D eigenvalue weighted by atomic mass is 14.4. The van der Waals surface area contributed by atoms with E-state index in [1.165, 1.54) is 88.0 Å².